The van der Waals surface area contributed by atoms with Crippen molar-refractivity contribution >= 4 is 5.65 Å². The van der Waals surface area contributed by atoms with Gasteiger partial charge in [0, 0.05) is 23.6 Å². The molecule has 0 bridgehead atoms. The Morgan fingerprint density at radius 3 is 2.34 bits per heavy atom. The zero-order chi connectivity index (χ0) is 30.8. The lowest BCUT2D eigenvalue weighted by molar-refractivity contribution is 0.0285. The van der Waals surface area contributed by atoms with E-state index in [-0.39, 0.29) is 12.2 Å². The van der Waals surface area contributed by atoms with Crippen LogP contribution in [-0.4, -0.2) is 41.6 Å². The molecule has 0 aliphatic rings. The van der Waals surface area contributed by atoms with Gasteiger partial charge >= 0.3 is 5.76 Å². The summed E-state index contributed by atoms with van der Waals surface area (Å²) in [5.74, 6) is 0.361. The summed E-state index contributed by atoms with van der Waals surface area (Å²) in [6, 6.07) is 24.8. The summed E-state index contributed by atoms with van der Waals surface area (Å²) >= 11 is 0. The molecule has 3 aromatic heterocycles. The summed E-state index contributed by atoms with van der Waals surface area (Å²) in [6.07, 6.45) is 3.70. The highest BCUT2D eigenvalue weighted by atomic mass is 16.5. The Morgan fingerprint density at radius 2 is 1.68 bits per heavy atom. The topological polar surface area (TPSA) is 128 Å². The lowest BCUT2D eigenvalue weighted by Crippen LogP contribution is -2.28. The lowest BCUT2D eigenvalue weighted by atomic mass is 9.96. The predicted molar refractivity (Wildman–Crippen MR) is 167 cm³/mol. The molecule has 2 N–H and O–H groups in total. The minimum absolute atomic E-state index is 0.101. The van der Waals surface area contributed by atoms with Gasteiger partial charge in [-0.05, 0) is 61.2 Å². The number of aliphatic hydroxyl groups is 1. The maximum Gasteiger partial charge on any atom is 0.439 e. The first-order chi connectivity index (χ1) is 21.2. The molecule has 0 fully saturated rings. The summed E-state index contributed by atoms with van der Waals surface area (Å²) in [4.78, 5) is 28.4. The SMILES string of the molecule is CCCc1c(Cc2ccc(-c3ccccc3-c3noc(=O)[nH]3)cc2)c(=O)n(-c2ccc(OCC(C)(C)O)cc2)c2ccnn12. The molecular formula is C34H33N5O5. The van der Waals surface area contributed by atoms with E-state index in [1.165, 1.54) is 0 Å². The maximum absolute atomic E-state index is 14.2. The third-order valence-electron chi connectivity index (χ3n) is 7.36. The molecular weight excluding hydrogens is 558 g/mol. The van der Waals surface area contributed by atoms with Crippen LogP contribution in [0.15, 0.2) is 99.2 Å². The number of nitrogens with zero attached hydrogens (tertiary/aromatic N) is 4. The van der Waals surface area contributed by atoms with Gasteiger partial charge in [-0.1, -0.05) is 67.0 Å². The third kappa shape index (κ3) is 5.84. The largest absolute Gasteiger partial charge is 0.491 e. The molecule has 10 heteroatoms. The average molecular weight is 592 g/mol. The molecule has 0 spiro atoms. The van der Waals surface area contributed by atoms with Gasteiger partial charge in [-0.2, -0.15) is 5.10 Å². The number of H-pyrrole nitrogens is 1. The predicted octanol–water partition coefficient (Wildman–Crippen LogP) is 5.19. The molecule has 0 saturated carbocycles. The molecule has 6 aromatic rings. The van der Waals surface area contributed by atoms with Gasteiger partial charge in [0.2, 0.25) is 0 Å². The van der Waals surface area contributed by atoms with Gasteiger partial charge < -0.3 is 9.84 Å². The Balaban J connectivity index is 1.37. The van der Waals surface area contributed by atoms with Gasteiger partial charge in [-0.3, -0.25) is 18.9 Å². The second-order valence-electron chi connectivity index (χ2n) is 11.4. The molecule has 224 valence electrons. The molecule has 3 heterocycles. The molecule has 0 radical (unpaired) electrons. The summed E-state index contributed by atoms with van der Waals surface area (Å²) in [5.41, 5.74) is 5.45. The molecule has 0 unspecified atom stereocenters. The van der Waals surface area contributed by atoms with Crippen molar-refractivity contribution in [1.82, 2.24) is 24.3 Å². The van der Waals surface area contributed by atoms with Gasteiger partial charge in [0.15, 0.2) is 5.82 Å². The quantitative estimate of drug-likeness (QED) is 0.224. The zero-order valence-electron chi connectivity index (χ0n) is 24.8. The Bertz CT molecular complexity index is 2030. The number of benzene rings is 3. The lowest BCUT2D eigenvalue weighted by Gasteiger charge is -2.19. The van der Waals surface area contributed by atoms with Crippen molar-refractivity contribution in [3.63, 3.8) is 0 Å². The summed E-state index contributed by atoms with van der Waals surface area (Å²) in [7, 11) is 0. The van der Waals surface area contributed by atoms with Crippen molar-refractivity contribution in [3.8, 4) is 34.0 Å². The minimum atomic E-state index is -0.956. The highest BCUT2D eigenvalue weighted by Crippen LogP contribution is 2.30. The van der Waals surface area contributed by atoms with Crippen LogP contribution >= 0.6 is 0 Å². The van der Waals surface area contributed by atoms with E-state index in [2.05, 4.69) is 22.2 Å². The van der Waals surface area contributed by atoms with Gasteiger partial charge in [0.25, 0.3) is 5.56 Å². The van der Waals surface area contributed by atoms with E-state index < -0.39 is 11.4 Å². The zero-order valence-corrected chi connectivity index (χ0v) is 24.8. The van der Waals surface area contributed by atoms with Crippen LogP contribution in [0.2, 0.25) is 0 Å². The molecule has 44 heavy (non-hydrogen) atoms. The van der Waals surface area contributed by atoms with Crippen LogP contribution in [0.4, 0.5) is 0 Å². The van der Waals surface area contributed by atoms with Crippen molar-refractivity contribution < 1.29 is 14.4 Å². The summed E-state index contributed by atoms with van der Waals surface area (Å²) in [6.45, 7) is 5.61. The minimum Gasteiger partial charge on any atom is -0.491 e. The number of ether oxygens (including phenoxy) is 1. The molecule has 0 saturated heterocycles. The fourth-order valence-electron chi connectivity index (χ4n) is 5.33. The molecule has 0 atom stereocenters. The van der Waals surface area contributed by atoms with Crippen LogP contribution < -0.4 is 16.1 Å². The molecule has 10 nitrogen and oxygen atoms in total. The fourth-order valence-corrected chi connectivity index (χ4v) is 5.33. The van der Waals surface area contributed by atoms with E-state index in [1.54, 1.807) is 36.7 Å². The number of hydrogen-bond acceptors (Lipinski definition) is 7. The van der Waals surface area contributed by atoms with E-state index >= 15 is 0 Å². The first-order valence-electron chi connectivity index (χ1n) is 14.5. The maximum atomic E-state index is 14.2. The Kier molecular flexibility index (Phi) is 7.75. The summed E-state index contributed by atoms with van der Waals surface area (Å²) in [5, 5.41) is 18.5. The van der Waals surface area contributed by atoms with Crippen LogP contribution in [0.1, 0.15) is 44.0 Å². The van der Waals surface area contributed by atoms with Crippen molar-refractivity contribution in [1.29, 1.82) is 0 Å². The van der Waals surface area contributed by atoms with E-state index in [9.17, 15) is 14.7 Å². The van der Waals surface area contributed by atoms with Crippen LogP contribution in [0.3, 0.4) is 0 Å². The fraction of sp³-hybridized carbons (Fsp3) is 0.235. The number of aromatic amines is 1. The Hall–Kier alpha value is -5.22. The van der Waals surface area contributed by atoms with Gasteiger partial charge in [0.05, 0.1) is 23.2 Å². The molecule has 0 amide bonds. The molecule has 0 aliphatic carbocycles. The average Bonchev–Trinajstić information content (AvgIpc) is 3.68. The van der Waals surface area contributed by atoms with E-state index in [0.717, 1.165) is 34.4 Å². The van der Waals surface area contributed by atoms with Crippen molar-refractivity contribution in [2.45, 2.75) is 45.6 Å². The normalized spacial score (nSPS) is 11.7. The number of hydrogen-bond donors (Lipinski definition) is 2. The number of aromatic nitrogens is 5. The first-order valence-corrected chi connectivity index (χ1v) is 14.5. The highest BCUT2D eigenvalue weighted by molar-refractivity contribution is 5.80. The third-order valence-corrected chi connectivity index (χ3v) is 7.36. The Morgan fingerprint density at radius 1 is 0.955 bits per heavy atom. The van der Waals surface area contributed by atoms with Gasteiger partial charge in [-0.25, -0.2) is 9.31 Å². The summed E-state index contributed by atoms with van der Waals surface area (Å²) < 4.78 is 14.0. The van der Waals surface area contributed by atoms with Crippen LogP contribution in [0.25, 0.3) is 33.8 Å². The van der Waals surface area contributed by atoms with Crippen LogP contribution in [0.5, 0.6) is 5.75 Å². The van der Waals surface area contributed by atoms with E-state index in [1.807, 2.05) is 71.2 Å². The smallest absolute Gasteiger partial charge is 0.439 e. The molecule has 0 aliphatic heterocycles. The second-order valence-corrected chi connectivity index (χ2v) is 11.4. The van der Waals surface area contributed by atoms with E-state index in [4.69, 9.17) is 9.26 Å². The Labute approximate surface area is 253 Å². The van der Waals surface area contributed by atoms with Crippen LogP contribution in [0, 0.1) is 0 Å². The number of rotatable bonds is 10. The van der Waals surface area contributed by atoms with Crippen molar-refractivity contribution in [2.24, 2.45) is 0 Å². The number of nitrogens with one attached hydrogen (secondary N) is 1. The standard InChI is InChI=1S/C34H33N5O5/c1-4-7-29-28(20-22-10-12-23(13-11-22)26-8-5-6-9-27(26)31-36-33(41)44-37-31)32(40)38(30-18-19-35-39(29)30)24-14-16-25(17-15-24)43-21-34(2,3)42/h5-6,8-19,42H,4,7,20-21H2,1-3H3,(H,36,37,41). The van der Waals surface area contributed by atoms with Crippen molar-refractivity contribution in [2.75, 3.05) is 6.61 Å². The van der Waals surface area contributed by atoms with Crippen LogP contribution in [-0.2, 0) is 12.8 Å². The molecule has 6 rings (SSSR count). The second kappa shape index (κ2) is 11.8. The highest BCUT2D eigenvalue weighted by Gasteiger charge is 2.20. The van der Waals surface area contributed by atoms with Gasteiger partial charge in [-0.15, -0.1) is 0 Å². The molecule has 3 aromatic carbocycles. The number of fused-ring (bicyclic) bond motifs is 1. The van der Waals surface area contributed by atoms with Crippen molar-refractivity contribution in [3.05, 3.63) is 123 Å². The van der Waals surface area contributed by atoms with E-state index in [0.29, 0.717) is 41.3 Å². The van der Waals surface area contributed by atoms with Gasteiger partial charge in [0.1, 0.15) is 18.0 Å². The number of aryl methyl sites for hydroxylation is 1. The first kappa shape index (κ1) is 28.9. The monoisotopic (exact) mass is 591 g/mol.